The predicted octanol–water partition coefficient (Wildman–Crippen LogP) is 6.87. The number of carbonyl (C=O) groups is 1. The number of benzene rings is 1. The van der Waals surface area contributed by atoms with Gasteiger partial charge in [0, 0.05) is 22.3 Å². The van der Waals surface area contributed by atoms with Crippen molar-refractivity contribution in [2.45, 2.75) is 65.7 Å². The van der Waals surface area contributed by atoms with Crippen LogP contribution in [0.3, 0.4) is 0 Å². The van der Waals surface area contributed by atoms with Gasteiger partial charge in [-0.25, -0.2) is 4.98 Å². The van der Waals surface area contributed by atoms with Crippen LogP contribution in [0.15, 0.2) is 30.3 Å². The van der Waals surface area contributed by atoms with Crippen molar-refractivity contribution in [2.75, 3.05) is 0 Å². The van der Waals surface area contributed by atoms with Gasteiger partial charge in [0.2, 0.25) is 0 Å². The second-order valence-electron chi connectivity index (χ2n) is 10.7. The van der Waals surface area contributed by atoms with Gasteiger partial charge in [-0.05, 0) is 74.2 Å². The highest BCUT2D eigenvalue weighted by molar-refractivity contribution is 7.15. The lowest BCUT2D eigenvalue weighted by Gasteiger charge is -2.55. The normalized spacial score (nSPS) is 37.1. The van der Waals surface area contributed by atoms with E-state index in [1.165, 1.54) is 45.1 Å². The Morgan fingerprint density at radius 2 is 1.77 bits per heavy atom. The second-order valence-corrected chi connectivity index (χ2v) is 11.8. The zero-order valence-electron chi connectivity index (χ0n) is 18.3. The van der Waals surface area contributed by atoms with Crippen molar-refractivity contribution in [2.24, 2.45) is 28.6 Å². The maximum Gasteiger partial charge on any atom is 0.139 e. The van der Waals surface area contributed by atoms with Crippen LogP contribution in [0.25, 0.3) is 16.1 Å². The Kier molecular flexibility index (Phi) is 4.04. The standard InChI is InChI=1S/C27H31NOS/c1-16-4-6-17(7-5-16)25-28-24-21-9-8-18-19-10-11-23(29)27(19,3)14-12-20(18)26(21,2)15-13-22(24)30-25/h4-7,9,18-20H,8,10-15H2,1-3H3/t18-,19-,20-,26+,27-/m0/s1. The number of fused-ring (bicyclic) bond motifs is 7. The number of hydrogen-bond acceptors (Lipinski definition) is 3. The van der Waals surface area contributed by atoms with Crippen LogP contribution in [0, 0.1) is 35.5 Å². The fourth-order valence-corrected chi connectivity index (χ4v) is 8.56. The number of Topliss-reactive ketones (excluding diaryl/α,β-unsaturated/α-hetero) is 1. The highest BCUT2D eigenvalue weighted by Gasteiger charge is 2.58. The third-order valence-electron chi connectivity index (χ3n) is 9.30. The van der Waals surface area contributed by atoms with Crippen LogP contribution in [-0.4, -0.2) is 10.8 Å². The predicted molar refractivity (Wildman–Crippen MR) is 123 cm³/mol. The molecule has 3 heteroatoms. The molecule has 0 N–H and O–H groups in total. The van der Waals surface area contributed by atoms with Gasteiger partial charge in [-0.2, -0.15) is 0 Å². The van der Waals surface area contributed by atoms with Crippen LogP contribution in [0.4, 0.5) is 0 Å². The molecule has 0 bridgehead atoms. The smallest absolute Gasteiger partial charge is 0.139 e. The molecule has 5 atom stereocenters. The number of hydrogen-bond donors (Lipinski definition) is 0. The lowest BCUT2D eigenvalue weighted by Crippen LogP contribution is -2.49. The van der Waals surface area contributed by atoms with E-state index in [0.29, 0.717) is 23.5 Å². The summed E-state index contributed by atoms with van der Waals surface area (Å²) >= 11 is 1.90. The summed E-state index contributed by atoms with van der Waals surface area (Å²) in [5, 5.41) is 1.17. The molecule has 0 radical (unpaired) electrons. The molecular weight excluding hydrogens is 386 g/mol. The summed E-state index contributed by atoms with van der Waals surface area (Å²) in [6.07, 6.45) is 10.3. The van der Waals surface area contributed by atoms with Gasteiger partial charge in [-0.1, -0.05) is 49.8 Å². The van der Waals surface area contributed by atoms with Gasteiger partial charge in [-0.15, -0.1) is 11.3 Å². The van der Waals surface area contributed by atoms with Crippen LogP contribution in [0.1, 0.15) is 68.5 Å². The Morgan fingerprint density at radius 3 is 2.57 bits per heavy atom. The van der Waals surface area contributed by atoms with Crippen molar-refractivity contribution in [3.05, 3.63) is 46.5 Å². The van der Waals surface area contributed by atoms with E-state index < -0.39 is 0 Å². The molecule has 6 rings (SSSR count). The average Bonchev–Trinajstić information content (AvgIpc) is 3.29. The molecule has 4 aliphatic carbocycles. The lowest BCUT2D eigenvalue weighted by molar-refractivity contribution is -0.131. The summed E-state index contributed by atoms with van der Waals surface area (Å²) in [4.78, 5) is 19.3. The molecule has 1 aromatic heterocycles. The molecule has 2 fully saturated rings. The number of ketones is 1. The maximum atomic E-state index is 12.7. The van der Waals surface area contributed by atoms with Gasteiger partial charge in [0.15, 0.2) is 0 Å². The minimum Gasteiger partial charge on any atom is -0.299 e. The Bertz CT molecular complexity index is 1060. The highest BCUT2D eigenvalue weighted by atomic mass is 32.1. The van der Waals surface area contributed by atoms with E-state index in [0.717, 1.165) is 32.1 Å². The topological polar surface area (TPSA) is 30.0 Å². The number of thiazole rings is 1. The first-order valence-corrected chi connectivity index (χ1v) is 12.5. The molecule has 156 valence electrons. The van der Waals surface area contributed by atoms with Gasteiger partial charge in [-0.3, -0.25) is 4.79 Å². The molecule has 1 heterocycles. The summed E-state index contributed by atoms with van der Waals surface area (Å²) in [6.45, 7) is 6.93. The van der Waals surface area contributed by atoms with E-state index in [2.05, 4.69) is 51.1 Å². The Morgan fingerprint density at radius 1 is 1.00 bits per heavy atom. The first-order valence-electron chi connectivity index (χ1n) is 11.7. The third kappa shape index (κ3) is 2.48. The van der Waals surface area contributed by atoms with E-state index in [4.69, 9.17) is 4.98 Å². The third-order valence-corrected chi connectivity index (χ3v) is 10.5. The molecule has 2 saturated carbocycles. The average molecular weight is 418 g/mol. The van der Waals surface area contributed by atoms with Crippen LogP contribution >= 0.6 is 11.3 Å². The molecule has 4 aliphatic rings. The van der Waals surface area contributed by atoms with E-state index in [9.17, 15) is 4.79 Å². The van der Waals surface area contributed by atoms with Crippen LogP contribution in [0.5, 0.6) is 0 Å². The summed E-state index contributed by atoms with van der Waals surface area (Å²) in [6, 6.07) is 8.80. The molecule has 0 saturated heterocycles. The first kappa shape index (κ1) is 19.0. The van der Waals surface area contributed by atoms with Crippen molar-refractivity contribution in [3.63, 3.8) is 0 Å². The van der Waals surface area contributed by atoms with Crippen LogP contribution < -0.4 is 0 Å². The fraction of sp³-hybridized carbons (Fsp3) is 0.556. The molecule has 0 aliphatic heterocycles. The summed E-state index contributed by atoms with van der Waals surface area (Å²) in [5.74, 6) is 2.53. The zero-order valence-corrected chi connectivity index (χ0v) is 19.1. The van der Waals surface area contributed by atoms with Crippen molar-refractivity contribution in [1.29, 1.82) is 0 Å². The van der Waals surface area contributed by atoms with Gasteiger partial charge in [0.1, 0.15) is 10.8 Å². The second kappa shape index (κ2) is 6.38. The first-order chi connectivity index (χ1) is 14.4. The maximum absolute atomic E-state index is 12.7. The van der Waals surface area contributed by atoms with E-state index in [1.54, 1.807) is 0 Å². The SMILES string of the molecule is Cc1ccc(-c2nc3c(s2)CC[C@@]2(C)C3=CC[C@@H]3[C@@H]2CC[C@]2(C)C(=O)CC[C@@H]32)cc1. The van der Waals surface area contributed by atoms with E-state index >= 15 is 0 Å². The number of aryl methyl sites for hydroxylation is 2. The number of aromatic nitrogens is 1. The molecule has 1 aromatic carbocycles. The summed E-state index contributed by atoms with van der Waals surface area (Å²) < 4.78 is 0. The highest BCUT2D eigenvalue weighted by Crippen LogP contribution is 2.65. The number of nitrogens with zero attached hydrogens (tertiary/aromatic N) is 1. The summed E-state index contributed by atoms with van der Waals surface area (Å²) in [5.41, 5.74) is 5.53. The van der Waals surface area contributed by atoms with Gasteiger partial charge in [0.05, 0.1) is 5.69 Å². The van der Waals surface area contributed by atoms with Gasteiger partial charge < -0.3 is 0 Å². The molecule has 0 amide bonds. The van der Waals surface area contributed by atoms with Crippen molar-refractivity contribution in [1.82, 2.24) is 4.98 Å². The zero-order chi connectivity index (χ0) is 20.7. The van der Waals surface area contributed by atoms with Gasteiger partial charge in [0.25, 0.3) is 0 Å². The summed E-state index contributed by atoms with van der Waals surface area (Å²) in [7, 11) is 0. The monoisotopic (exact) mass is 417 g/mol. The Labute approximate surface area is 183 Å². The van der Waals surface area contributed by atoms with Crippen molar-refractivity contribution < 1.29 is 4.79 Å². The number of carbonyl (C=O) groups excluding carboxylic acids is 1. The molecular formula is C27H31NOS. The largest absolute Gasteiger partial charge is 0.299 e. The van der Waals surface area contributed by atoms with Crippen molar-refractivity contribution >= 4 is 22.7 Å². The van der Waals surface area contributed by atoms with Crippen LogP contribution in [0.2, 0.25) is 0 Å². The number of allylic oxidation sites excluding steroid dienone is 2. The lowest BCUT2D eigenvalue weighted by atomic mass is 9.48. The van der Waals surface area contributed by atoms with E-state index in [-0.39, 0.29) is 10.8 Å². The van der Waals surface area contributed by atoms with Gasteiger partial charge >= 0.3 is 0 Å². The molecule has 30 heavy (non-hydrogen) atoms. The molecule has 2 aromatic rings. The van der Waals surface area contributed by atoms with Crippen LogP contribution in [-0.2, 0) is 11.2 Å². The minimum absolute atomic E-state index is 0.0397. The Hall–Kier alpha value is -1.74. The fourth-order valence-electron chi connectivity index (χ4n) is 7.48. The molecule has 2 nitrogen and oxygen atoms in total. The van der Waals surface area contributed by atoms with E-state index in [1.807, 2.05) is 11.3 Å². The molecule has 0 unspecified atom stereocenters. The van der Waals surface area contributed by atoms with Crippen molar-refractivity contribution in [3.8, 4) is 10.6 Å². The quantitative estimate of drug-likeness (QED) is 0.507. The Balaban J connectivity index is 1.39. The number of rotatable bonds is 1. The molecule has 0 spiro atoms. The minimum atomic E-state index is -0.0397.